The van der Waals surface area contributed by atoms with Gasteiger partial charge in [0.1, 0.15) is 0 Å². The maximum absolute atomic E-state index is 9.37. The molecular weight excluding hydrogens is 120 g/mol. The minimum Gasteiger partial charge on any atom is -0.498 e. The molecule has 0 aliphatic rings. The van der Waals surface area contributed by atoms with Crippen LogP contribution in [0.15, 0.2) is 0 Å². The number of rotatable bonds is 2. The summed E-state index contributed by atoms with van der Waals surface area (Å²) >= 11 is 0. The zero-order valence-corrected chi connectivity index (χ0v) is 4.83. The molecule has 0 atom stereocenters. The summed E-state index contributed by atoms with van der Waals surface area (Å²) in [4.78, 5) is 0. The first-order valence-corrected chi connectivity index (χ1v) is 2.52. The summed E-state index contributed by atoms with van der Waals surface area (Å²) < 4.78 is 0. The van der Waals surface area contributed by atoms with Gasteiger partial charge < -0.3 is 10.4 Å². The molecule has 48 valence electrons. The molecule has 0 aliphatic carbocycles. The fourth-order valence-corrected chi connectivity index (χ4v) is 0.338. The Labute approximate surface area is 52.9 Å². The van der Waals surface area contributed by atoms with E-state index in [1.54, 1.807) is 0 Å². The van der Waals surface area contributed by atoms with E-state index in [-0.39, 0.29) is 0 Å². The Morgan fingerprint density at radius 2 is 1.44 bits per heavy atom. The second-order valence-electron chi connectivity index (χ2n) is 1.35. The molecular formula is C5H6N2O2. The molecule has 0 rings (SSSR count). The summed E-state index contributed by atoms with van der Waals surface area (Å²) in [6, 6.07) is 4.39. The van der Waals surface area contributed by atoms with Crippen molar-refractivity contribution in [3.05, 3.63) is 20.4 Å². The highest BCUT2D eigenvalue weighted by Crippen LogP contribution is 1.91. The summed E-state index contributed by atoms with van der Waals surface area (Å²) in [6.07, 6.45) is 1.58. The Hall–Kier alpha value is -1.42. The maximum atomic E-state index is 9.37. The van der Waals surface area contributed by atoms with E-state index >= 15 is 0 Å². The molecule has 0 saturated heterocycles. The smallest absolute Gasteiger partial charge is 0.298 e. The molecule has 0 bridgehead atoms. The molecule has 0 aromatic carbocycles. The number of unbranched alkanes of at least 4 members (excludes halogenated alkanes) is 2. The Balaban J connectivity index is 3.04. The molecule has 0 amide bonds. The molecule has 4 heteroatoms. The normalized spacial score (nSPS) is 6.22. The van der Waals surface area contributed by atoms with Crippen LogP contribution in [-0.4, -0.2) is 0 Å². The van der Waals surface area contributed by atoms with Crippen LogP contribution >= 0.6 is 0 Å². The minimum absolute atomic E-state index is 0.464. The Morgan fingerprint density at radius 1 is 1.00 bits per heavy atom. The molecule has 0 saturated carbocycles. The van der Waals surface area contributed by atoms with Crippen LogP contribution in [-0.2, 0) is 0 Å². The van der Waals surface area contributed by atoms with Crippen LogP contribution in [0.4, 0.5) is 0 Å². The van der Waals surface area contributed by atoms with Crippen LogP contribution in [0, 0.1) is 22.6 Å². The zero-order valence-electron chi connectivity index (χ0n) is 4.83. The van der Waals surface area contributed by atoms with E-state index in [0.717, 1.165) is 0 Å². The van der Waals surface area contributed by atoms with Crippen LogP contribution in [0.3, 0.4) is 0 Å². The first-order valence-electron chi connectivity index (χ1n) is 2.52. The van der Waals surface area contributed by atoms with Gasteiger partial charge in [0.25, 0.3) is 12.1 Å². The topological polar surface area (TPSA) is 54.8 Å². The lowest BCUT2D eigenvalue weighted by molar-refractivity contribution is 0.901. The van der Waals surface area contributed by atoms with Crippen LogP contribution in [0.2, 0.25) is 0 Å². The van der Waals surface area contributed by atoms with Crippen molar-refractivity contribution in [3.8, 4) is 12.1 Å². The third kappa shape index (κ3) is 6.58. The molecule has 0 fully saturated rings. The highest BCUT2D eigenvalue weighted by Gasteiger charge is 1.88. The molecule has 0 N–H and O–H groups in total. The molecule has 0 unspecified atom stereocenters. The van der Waals surface area contributed by atoms with Crippen LogP contribution in [0.5, 0.6) is 0 Å². The van der Waals surface area contributed by atoms with Crippen LogP contribution in [0.1, 0.15) is 19.3 Å². The summed E-state index contributed by atoms with van der Waals surface area (Å²) in [5.41, 5.74) is 0. The molecule has 4 nitrogen and oxygen atoms in total. The molecule has 0 aromatic rings. The molecule has 0 spiro atoms. The van der Waals surface area contributed by atoms with E-state index in [9.17, 15) is 10.4 Å². The van der Waals surface area contributed by atoms with Gasteiger partial charge in [0.2, 0.25) is 0 Å². The van der Waals surface area contributed by atoms with Gasteiger partial charge in [0, 0.05) is 10.0 Å². The van der Waals surface area contributed by atoms with E-state index in [0.29, 0.717) is 19.3 Å². The number of nitrogens with zero attached hydrogens (tertiary/aromatic N) is 2. The van der Waals surface area contributed by atoms with E-state index in [1.165, 1.54) is 0 Å². The second kappa shape index (κ2) is 6.58. The van der Waals surface area contributed by atoms with E-state index in [1.807, 2.05) is 0 Å². The minimum atomic E-state index is 0.464. The van der Waals surface area contributed by atoms with Gasteiger partial charge in [-0.2, -0.15) is 0 Å². The Bertz CT molecular complexity index is 149. The summed E-state index contributed by atoms with van der Waals surface area (Å²) in [5.74, 6) is 0. The third-order valence-electron chi connectivity index (χ3n) is 0.706. The fraction of sp³-hybridized carbons (Fsp3) is 0.600. The maximum Gasteiger partial charge on any atom is 0.298 e. The fourth-order valence-electron chi connectivity index (χ4n) is 0.338. The molecule has 0 aliphatic heterocycles. The lowest BCUT2D eigenvalue weighted by Gasteiger charge is -1.71. The molecule has 0 radical (unpaired) electrons. The van der Waals surface area contributed by atoms with Crippen molar-refractivity contribution >= 4 is 0 Å². The first kappa shape index (κ1) is 7.58. The average molecular weight is 126 g/mol. The summed E-state index contributed by atoms with van der Waals surface area (Å²) in [5, 5.41) is 23.5. The standard InChI is InChI=1S/C5H6N2O2/c8-6-4-2-1-3-5-7-9/h1-3H2. The van der Waals surface area contributed by atoms with Crippen LogP contribution < -0.4 is 0 Å². The van der Waals surface area contributed by atoms with Gasteiger partial charge in [-0.25, -0.2) is 0 Å². The number of hydrogen-bond acceptors (Lipinski definition) is 2. The largest absolute Gasteiger partial charge is 0.498 e. The van der Waals surface area contributed by atoms with Crippen molar-refractivity contribution in [2.75, 3.05) is 0 Å². The van der Waals surface area contributed by atoms with Crippen molar-refractivity contribution in [1.82, 2.24) is 0 Å². The van der Waals surface area contributed by atoms with Gasteiger partial charge >= 0.3 is 0 Å². The van der Waals surface area contributed by atoms with Crippen LogP contribution in [0.25, 0.3) is 10.0 Å². The Kier molecular flexibility index (Phi) is 5.54. The van der Waals surface area contributed by atoms with Gasteiger partial charge in [-0.15, -0.1) is 0 Å². The SMILES string of the molecule is [O-][N+]#CCCCC#[N+][O-]. The van der Waals surface area contributed by atoms with Gasteiger partial charge in [-0.3, -0.25) is 0 Å². The van der Waals surface area contributed by atoms with E-state index < -0.39 is 0 Å². The lowest BCUT2D eigenvalue weighted by atomic mass is 10.3. The first-order chi connectivity index (χ1) is 4.41. The third-order valence-corrected chi connectivity index (χ3v) is 0.706. The zero-order chi connectivity index (χ0) is 6.95. The van der Waals surface area contributed by atoms with Gasteiger partial charge in [-0.1, -0.05) is 0 Å². The van der Waals surface area contributed by atoms with Crippen molar-refractivity contribution in [2.45, 2.75) is 19.3 Å². The summed E-state index contributed by atoms with van der Waals surface area (Å²) in [6.45, 7) is 0. The molecule has 0 heterocycles. The monoisotopic (exact) mass is 126 g/mol. The van der Waals surface area contributed by atoms with Crippen molar-refractivity contribution in [1.29, 1.82) is 0 Å². The molecule has 0 aromatic heterocycles. The quantitative estimate of drug-likeness (QED) is 0.418. The van der Waals surface area contributed by atoms with Crippen molar-refractivity contribution in [2.24, 2.45) is 0 Å². The highest BCUT2D eigenvalue weighted by atomic mass is 16.4. The average Bonchev–Trinajstić information content (AvgIpc) is 1.89. The van der Waals surface area contributed by atoms with Crippen molar-refractivity contribution < 1.29 is 0 Å². The van der Waals surface area contributed by atoms with Gasteiger partial charge in [0.15, 0.2) is 0 Å². The Morgan fingerprint density at radius 3 is 1.78 bits per heavy atom. The van der Waals surface area contributed by atoms with Gasteiger partial charge in [-0.05, 0) is 6.42 Å². The van der Waals surface area contributed by atoms with E-state index in [4.69, 9.17) is 0 Å². The van der Waals surface area contributed by atoms with Gasteiger partial charge in [0.05, 0.1) is 12.8 Å². The second-order valence-corrected chi connectivity index (χ2v) is 1.35. The lowest BCUT2D eigenvalue weighted by Crippen LogP contribution is -1.66. The number of hydrogen-bond donors (Lipinski definition) is 0. The van der Waals surface area contributed by atoms with E-state index in [2.05, 4.69) is 22.2 Å². The molecule has 9 heavy (non-hydrogen) atoms. The predicted molar refractivity (Wildman–Crippen MR) is 35.1 cm³/mol. The van der Waals surface area contributed by atoms with Crippen molar-refractivity contribution in [3.63, 3.8) is 0 Å². The predicted octanol–water partition coefficient (Wildman–Crippen LogP) is 1.82. The summed E-state index contributed by atoms with van der Waals surface area (Å²) in [7, 11) is 0. The highest BCUT2D eigenvalue weighted by molar-refractivity contribution is 4.91.